The summed E-state index contributed by atoms with van der Waals surface area (Å²) in [5, 5.41) is 2.92. The van der Waals surface area contributed by atoms with Crippen molar-refractivity contribution in [2.45, 2.75) is 38.1 Å². The second-order valence-corrected chi connectivity index (χ2v) is 6.90. The summed E-state index contributed by atoms with van der Waals surface area (Å²) < 4.78 is 5.47. The number of benzene rings is 1. The van der Waals surface area contributed by atoms with Crippen molar-refractivity contribution in [3.05, 3.63) is 24.3 Å². The fraction of sp³-hybridized carbons (Fsp3) is 0.556. The Bertz CT molecular complexity index is 599. The van der Waals surface area contributed by atoms with Crippen molar-refractivity contribution < 1.29 is 14.3 Å². The molecule has 24 heavy (non-hydrogen) atoms. The summed E-state index contributed by atoms with van der Waals surface area (Å²) in [7, 11) is 3.35. The Morgan fingerprint density at radius 2 is 2.12 bits per heavy atom. The van der Waals surface area contributed by atoms with E-state index in [0.717, 1.165) is 25.7 Å². The smallest absolute Gasteiger partial charge is 0.259 e. The van der Waals surface area contributed by atoms with Crippen molar-refractivity contribution >= 4 is 17.5 Å². The predicted octanol–water partition coefficient (Wildman–Crippen LogP) is 2.00. The van der Waals surface area contributed by atoms with Gasteiger partial charge < -0.3 is 20.7 Å². The number of hydrogen-bond donors (Lipinski definition) is 2. The zero-order valence-electron chi connectivity index (χ0n) is 14.7. The van der Waals surface area contributed by atoms with Gasteiger partial charge in [-0.3, -0.25) is 9.59 Å². The molecule has 1 saturated carbocycles. The van der Waals surface area contributed by atoms with E-state index >= 15 is 0 Å². The maximum Gasteiger partial charge on any atom is 0.259 e. The minimum Gasteiger partial charge on any atom is -0.484 e. The number of carbonyl (C=O) groups excluding carboxylic acids is 2. The summed E-state index contributed by atoms with van der Waals surface area (Å²) in [6.45, 7) is 1.91. The Labute approximate surface area is 143 Å². The van der Waals surface area contributed by atoms with Gasteiger partial charge in [-0.25, -0.2) is 0 Å². The van der Waals surface area contributed by atoms with Gasteiger partial charge in [-0.2, -0.15) is 0 Å². The summed E-state index contributed by atoms with van der Waals surface area (Å²) >= 11 is 0. The molecule has 1 aromatic rings. The van der Waals surface area contributed by atoms with Crippen LogP contribution in [0.15, 0.2) is 24.3 Å². The fourth-order valence-corrected chi connectivity index (χ4v) is 2.96. The van der Waals surface area contributed by atoms with Crippen molar-refractivity contribution in [1.82, 2.24) is 4.90 Å². The molecule has 1 aromatic carbocycles. The zero-order valence-corrected chi connectivity index (χ0v) is 14.7. The Morgan fingerprint density at radius 1 is 1.38 bits per heavy atom. The maximum atomic E-state index is 12.6. The Kier molecular flexibility index (Phi) is 5.83. The third-order valence-electron chi connectivity index (χ3n) is 4.53. The number of nitrogens with two attached hydrogens (primary N) is 1. The molecule has 0 heterocycles. The van der Waals surface area contributed by atoms with Gasteiger partial charge in [0.2, 0.25) is 5.91 Å². The molecule has 3 N–H and O–H groups in total. The summed E-state index contributed by atoms with van der Waals surface area (Å²) in [5.74, 6) is 0.181. The van der Waals surface area contributed by atoms with Gasteiger partial charge in [0.05, 0.1) is 5.92 Å². The standard InChI is InChI=1S/C18H27N3O3/c1-18(19)10-5-4-9-15(18)17(23)20-13-7-6-8-14(11-13)24-12-16(22)21(2)3/h6-8,11,15H,4-5,9-10,12,19H2,1-3H3,(H,20,23). The van der Waals surface area contributed by atoms with E-state index in [4.69, 9.17) is 10.5 Å². The van der Waals surface area contributed by atoms with Gasteiger partial charge in [-0.1, -0.05) is 18.9 Å². The highest BCUT2D eigenvalue weighted by Gasteiger charge is 2.37. The van der Waals surface area contributed by atoms with Crippen LogP contribution in [0.3, 0.4) is 0 Å². The van der Waals surface area contributed by atoms with Crippen LogP contribution in [0.1, 0.15) is 32.6 Å². The van der Waals surface area contributed by atoms with Crippen LogP contribution in [0.2, 0.25) is 0 Å². The number of likely N-dealkylation sites (N-methyl/N-ethyl adjacent to an activating group) is 1. The Morgan fingerprint density at radius 3 is 2.79 bits per heavy atom. The lowest BCUT2D eigenvalue weighted by Gasteiger charge is -2.37. The molecule has 2 unspecified atom stereocenters. The molecule has 2 amide bonds. The van der Waals surface area contributed by atoms with Crippen LogP contribution in [0.25, 0.3) is 0 Å². The third-order valence-corrected chi connectivity index (χ3v) is 4.53. The van der Waals surface area contributed by atoms with E-state index in [-0.39, 0.29) is 24.3 Å². The molecule has 0 bridgehead atoms. The average Bonchev–Trinajstić information content (AvgIpc) is 2.52. The second kappa shape index (κ2) is 7.66. The molecule has 6 nitrogen and oxygen atoms in total. The molecule has 1 fully saturated rings. The van der Waals surface area contributed by atoms with Crippen molar-refractivity contribution in [1.29, 1.82) is 0 Å². The Balaban J connectivity index is 1.98. The minimum absolute atomic E-state index is 0.0338. The van der Waals surface area contributed by atoms with Crippen LogP contribution < -0.4 is 15.8 Å². The predicted molar refractivity (Wildman–Crippen MR) is 93.8 cm³/mol. The third kappa shape index (κ3) is 4.71. The van der Waals surface area contributed by atoms with Crippen molar-refractivity contribution in [2.75, 3.05) is 26.0 Å². The van der Waals surface area contributed by atoms with Crippen LogP contribution in [-0.4, -0.2) is 43.0 Å². The first-order chi connectivity index (χ1) is 11.3. The molecule has 1 aliphatic rings. The average molecular weight is 333 g/mol. The van der Waals surface area contributed by atoms with Crippen LogP contribution in [0, 0.1) is 5.92 Å². The summed E-state index contributed by atoms with van der Waals surface area (Å²) in [4.78, 5) is 25.6. The quantitative estimate of drug-likeness (QED) is 0.863. The molecule has 0 saturated heterocycles. The molecular weight excluding hydrogens is 306 g/mol. The van der Waals surface area contributed by atoms with E-state index in [0.29, 0.717) is 11.4 Å². The van der Waals surface area contributed by atoms with Crippen LogP contribution in [0.5, 0.6) is 5.75 Å². The topological polar surface area (TPSA) is 84.7 Å². The van der Waals surface area contributed by atoms with Crippen LogP contribution in [0.4, 0.5) is 5.69 Å². The fourth-order valence-electron chi connectivity index (χ4n) is 2.96. The number of ether oxygens (including phenoxy) is 1. The highest BCUT2D eigenvalue weighted by Crippen LogP contribution is 2.32. The first-order valence-corrected chi connectivity index (χ1v) is 8.32. The summed E-state index contributed by atoms with van der Waals surface area (Å²) in [5.41, 5.74) is 6.47. The number of rotatable bonds is 5. The lowest BCUT2D eigenvalue weighted by atomic mass is 9.74. The minimum atomic E-state index is -0.464. The van der Waals surface area contributed by atoms with Gasteiger partial charge in [0.15, 0.2) is 6.61 Å². The van der Waals surface area contributed by atoms with E-state index < -0.39 is 5.54 Å². The van der Waals surface area contributed by atoms with E-state index in [1.54, 1.807) is 38.4 Å². The molecule has 2 atom stereocenters. The monoisotopic (exact) mass is 333 g/mol. The molecule has 0 aromatic heterocycles. The van der Waals surface area contributed by atoms with E-state index in [2.05, 4.69) is 5.32 Å². The van der Waals surface area contributed by atoms with Gasteiger partial charge >= 0.3 is 0 Å². The number of nitrogens with zero attached hydrogens (tertiary/aromatic N) is 1. The van der Waals surface area contributed by atoms with Gasteiger partial charge in [-0.15, -0.1) is 0 Å². The van der Waals surface area contributed by atoms with Gasteiger partial charge in [0.25, 0.3) is 5.91 Å². The molecule has 1 aliphatic carbocycles. The van der Waals surface area contributed by atoms with Crippen molar-refractivity contribution in [3.8, 4) is 5.75 Å². The van der Waals surface area contributed by atoms with Crippen LogP contribution in [-0.2, 0) is 9.59 Å². The SMILES string of the molecule is CN(C)C(=O)COc1cccc(NC(=O)C2CCCCC2(C)N)c1. The number of amides is 2. The van der Waals surface area contributed by atoms with Crippen molar-refractivity contribution in [3.63, 3.8) is 0 Å². The molecule has 0 radical (unpaired) electrons. The second-order valence-electron chi connectivity index (χ2n) is 6.90. The molecule has 6 heteroatoms. The summed E-state index contributed by atoms with van der Waals surface area (Å²) in [6, 6.07) is 7.06. The van der Waals surface area contributed by atoms with E-state index in [1.807, 2.05) is 6.92 Å². The van der Waals surface area contributed by atoms with Gasteiger partial charge in [0.1, 0.15) is 5.75 Å². The molecule has 0 aliphatic heterocycles. The highest BCUT2D eigenvalue weighted by molar-refractivity contribution is 5.93. The van der Waals surface area contributed by atoms with E-state index in [9.17, 15) is 9.59 Å². The number of hydrogen-bond acceptors (Lipinski definition) is 4. The number of nitrogens with one attached hydrogen (secondary N) is 1. The highest BCUT2D eigenvalue weighted by atomic mass is 16.5. The first kappa shape index (κ1) is 18.3. The maximum absolute atomic E-state index is 12.6. The Hall–Kier alpha value is -2.08. The van der Waals surface area contributed by atoms with Gasteiger partial charge in [0, 0.05) is 31.4 Å². The van der Waals surface area contributed by atoms with E-state index in [1.165, 1.54) is 4.90 Å². The normalized spacial score (nSPS) is 23.4. The number of anilines is 1. The van der Waals surface area contributed by atoms with Crippen LogP contribution >= 0.6 is 0 Å². The lowest BCUT2D eigenvalue weighted by molar-refractivity contribution is -0.130. The number of carbonyl (C=O) groups is 2. The molecular formula is C18H27N3O3. The lowest BCUT2D eigenvalue weighted by Crippen LogP contribution is -2.51. The molecule has 132 valence electrons. The molecule has 2 rings (SSSR count). The largest absolute Gasteiger partial charge is 0.484 e. The van der Waals surface area contributed by atoms with Gasteiger partial charge in [-0.05, 0) is 31.9 Å². The zero-order chi connectivity index (χ0) is 17.7. The van der Waals surface area contributed by atoms with Crippen molar-refractivity contribution in [2.24, 2.45) is 11.7 Å². The molecule has 0 spiro atoms. The first-order valence-electron chi connectivity index (χ1n) is 8.32. The summed E-state index contributed by atoms with van der Waals surface area (Å²) in [6.07, 6.45) is 3.77.